The van der Waals surface area contributed by atoms with Gasteiger partial charge in [0.25, 0.3) is 0 Å². The summed E-state index contributed by atoms with van der Waals surface area (Å²) in [6.07, 6.45) is 8.02. The fourth-order valence-corrected chi connectivity index (χ4v) is 5.83. The van der Waals surface area contributed by atoms with E-state index in [1.54, 1.807) is 18.3 Å². The van der Waals surface area contributed by atoms with E-state index in [1.165, 1.54) is 6.07 Å². The van der Waals surface area contributed by atoms with Crippen LogP contribution in [0.1, 0.15) is 47.7 Å². The van der Waals surface area contributed by atoms with E-state index in [4.69, 9.17) is 23.2 Å². The molecule has 3 heterocycles. The van der Waals surface area contributed by atoms with Crippen molar-refractivity contribution in [3.63, 3.8) is 0 Å². The molecule has 0 bridgehead atoms. The summed E-state index contributed by atoms with van der Waals surface area (Å²) < 4.78 is 14.5. The molecule has 3 aromatic rings. The number of likely N-dealkylation sites (tertiary alicyclic amines) is 1. The lowest BCUT2D eigenvalue weighted by Gasteiger charge is -2.39. The first kappa shape index (κ1) is 24.9. The number of carbonyl (C=O) groups is 1. The smallest absolute Gasteiger partial charge is 0.164 e. The highest BCUT2D eigenvalue weighted by Gasteiger charge is 2.46. The predicted octanol–water partition coefficient (Wildman–Crippen LogP) is 7.32. The topological polar surface area (TPSA) is 36.4 Å². The van der Waals surface area contributed by atoms with Gasteiger partial charge in [-0.2, -0.15) is 0 Å². The number of halogens is 3. The summed E-state index contributed by atoms with van der Waals surface area (Å²) in [5, 5.41) is 1.03. The van der Waals surface area contributed by atoms with E-state index in [-0.39, 0.29) is 17.0 Å². The quantitative estimate of drug-likeness (QED) is 0.250. The number of carbonyl (C=O) groups excluding carboxylic acids is 1. The summed E-state index contributed by atoms with van der Waals surface area (Å²) >= 11 is 12.5. The van der Waals surface area contributed by atoms with Crippen molar-refractivity contribution in [1.82, 2.24) is 9.88 Å². The molecule has 0 aliphatic carbocycles. The van der Waals surface area contributed by atoms with E-state index in [1.807, 2.05) is 37.3 Å². The Morgan fingerprint density at radius 2 is 1.86 bits per heavy atom. The molecular weight excluding hydrogens is 496 g/mol. The SMILES string of the molecule is CCC(=O)c1ccnc(Cl)c1N1CC2(CCN(C/C=C/c3ccc(Cl)cc3)CC2)c2cc(F)ccc21. The highest BCUT2D eigenvalue weighted by atomic mass is 35.5. The number of rotatable bonds is 6. The number of aromatic nitrogens is 1. The highest BCUT2D eigenvalue weighted by Crippen LogP contribution is 2.51. The summed E-state index contributed by atoms with van der Waals surface area (Å²) in [6, 6.07) is 14.5. The monoisotopic (exact) mass is 523 g/mol. The van der Waals surface area contributed by atoms with Gasteiger partial charge in [0.05, 0.1) is 5.69 Å². The van der Waals surface area contributed by atoms with Gasteiger partial charge in [0.1, 0.15) is 5.82 Å². The molecule has 2 aliphatic rings. The van der Waals surface area contributed by atoms with Crippen LogP contribution in [0.3, 0.4) is 0 Å². The van der Waals surface area contributed by atoms with Gasteiger partial charge in [0.2, 0.25) is 0 Å². The maximum absolute atomic E-state index is 14.5. The fraction of sp³-hybridized carbons (Fsp3) is 0.310. The standard InChI is InChI=1S/C29H28Cl2FN3O/c1-2-26(36)23-11-14-33-28(31)27(23)35-19-29(24-18-22(32)9-10-25(24)35)12-16-34(17-13-29)15-3-4-20-5-7-21(30)8-6-20/h3-11,14,18H,2,12-13,15-17,19H2,1H3/b4-3+. The molecular formula is C29H28Cl2FN3O. The van der Waals surface area contributed by atoms with Crippen LogP contribution in [0.2, 0.25) is 10.2 Å². The maximum atomic E-state index is 14.5. The third-order valence-corrected chi connectivity index (χ3v) is 7.94. The van der Waals surface area contributed by atoms with Crippen LogP contribution in [-0.2, 0) is 5.41 Å². The third-order valence-electron chi connectivity index (χ3n) is 7.41. The largest absolute Gasteiger partial charge is 0.337 e. The molecule has 7 heteroatoms. The fourth-order valence-electron chi connectivity index (χ4n) is 5.44. The average molecular weight is 524 g/mol. The number of benzene rings is 2. The minimum atomic E-state index is -0.245. The van der Waals surface area contributed by atoms with Gasteiger partial charge in [-0.25, -0.2) is 9.37 Å². The zero-order chi connectivity index (χ0) is 25.3. The minimum Gasteiger partial charge on any atom is -0.337 e. The zero-order valence-corrected chi connectivity index (χ0v) is 21.7. The van der Waals surface area contributed by atoms with Crippen molar-refractivity contribution >= 4 is 46.4 Å². The van der Waals surface area contributed by atoms with Crippen molar-refractivity contribution in [3.05, 3.63) is 93.5 Å². The average Bonchev–Trinajstić information content (AvgIpc) is 3.18. The lowest BCUT2D eigenvalue weighted by molar-refractivity contribution is 0.0988. The number of ketones is 1. The molecule has 1 fully saturated rings. The van der Waals surface area contributed by atoms with Crippen LogP contribution in [0.15, 0.2) is 60.8 Å². The summed E-state index contributed by atoms with van der Waals surface area (Å²) in [6.45, 7) is 5.14. The van der Waals surface area contributed by atoms with E-state index in [2.05, 4.69) is 26.9 Å². The van der Waals surface area contributed by atoms with Crippen molar-refractivity contribution in [2.75, 3.05) is 31.1 Å². The summed E-state index contributed by atoms with van der Waals surface area (Å²) in [5.74, 6) is -0.230. The molecule has 186 valence electrons. The van der Waals surface area contributed by atoms with Crippen LogP contribution in [-0.4, -0.2) is 41.8 Å². The predicted molar refractivity (Wildman–Crippen MR) is 145 cm³/mol. The van der Waals surface area contributed by atoms with Gasteiger partial charge >= 0.3 is 0 Å². The number of hydrogen-bond donors (Lipinski definition) is 0. The molecule has 4 nitrogen and oxygen atoms in total. The van der Waals surface area contributed by atoms with Gasteiger partial charge in [-0.15, -0.1) is 0 Å². The van der Waals surface area contributed by atoms with Gasteiger partial charge in [0.15, 0.2) is 10.9 Å². The first-order chi connectivity index (χ1) is 17.4. The first-order valence-electron chi connectivity index (χ1n) is 12.3. The summed E-state index contributed by atoms with van der Waals surface area (Å²) in [5.41, 5.74) is 4.01. The second-order valence-electron chi connectivity index (χ2n) is 9.56. The lowest BCUT2D eigenvalue weighted by atomic mass is 9.74. The van der Waals surface area contributed by atoms with Crippen molar-refractivity contribution < 1.29 is 9.18 Å². The number of hydrogen-bond acceptors (Lipinski definition) is 4. The molecule has 0 saturated carbocycles. The molecule has 1 spiro atoms. The summed E-state index contributed by atoms with van der Waals surface area (Å²) in [7, 11) is 0. The first-order valence-corrected chi connectivity index (χ1v) is 13.1. The van der Waals surface area contributed by atoms with E-state index >= 15 is 0 Å². The van der Waals surface area contributed by atoms with Crippen LogP contribution in [0.25, 0.3) is 6.08 Å². The highest BCUT2D eigenvalue weighted by molar-refractivity contribution is 6.33. The van der Waals surface area contributed by atoms with Gasteiger partial charge in [-0.3, -0.25) is 9.69 Å². The minimum absolute atomic E-state index is 0.0150. The number of fused-ring (bicyclic) bond motifs is 2. The third kappa shape index (κ3) is 4.80. The van der Waals surface area contributed by atoms with Gasteiger partial charge in [-0.1, -0.05) is 54.4 Å². The van der Waals surface area contributed by atoms with Crippen molar-refractivity contribution in [3.8, 4) is 0 Å². The van der Waals surface area contributed by atoms with E-state index in [0.29, 0.717) is 29.4 Å². The van der Waals surface area contributed by atoms with Crippen molar-refractivity contribution in [2.45, 2.75) is 31.6 Å². The Morgan fingerprint density at radius 1 is 1.11 bits per heavy atom. The number of nitrogens with zero attached hydrogens (tertiary/aromatic N) is 3. The molecule has 0 amide bonds. The summed E-state index contributed by atoms with van der Waals surface area (Å²) in [4.78, 5) is 21.5. The van der Waals surface area contributed by atoms with Gasteiger partial charge in [0, 0.05) is 47.4 Å². The molecule has 1 saturated heterocycles. The van der Waals surface area contributed by atoms with Crippen LogP contribution in [0.4, 0.5) is 15.8 Å². The molecule has 36 heavy (non-hydrogen) atoms. The van der Waals surface area contributed by atoms with Crippen LogP contribution < -0.4 is 4.90 Å². The Kier molecular flexibility index (Phi) is 7.16. The number of pyridine rings is 1. The second kappa shape index (κ2) is 10.3. The maximum Gasteiger partial charge on any atom is 0.164 e. The van der Waals surface area contributed by atoms with Gasteiger partial charge < -0.3 is 4.90 Å². The molecule has 2 aliphatic heterocycles. The zero-order valence-electron chi connectivity index (χ0n) is 20.2. The molecule has 0 unspecified atom stereocenters. The molecule has 2 aromatic carbocycles. The molecule has 0 atom stereocenters. The number of piperidine rings is 1. The molecule has 5 rings (SSSR count). The molecule has 0 N–H and O–H groups in total. The normalized spacial score (nSPS) is 17.2. The number of anilines is 2. The van der Waals surface area contributed by atoms with Crippen LogP contribution in [0, 0.1) is 5.82 Å². The van der Waals surface area contributed by atoms with Crippen LogP contribution >= 0.6 is 23.2 Å². The number of Topliss-reactive ketones (excluding diaryl/α,β-unsaturated/α-hetero) is 1. The lowest BCUT2D eigenvalue weighted by Crippen LogP contribution is -2.44. The Hall–Kier alpha value is -2.73. The van der Waals surface area contributed by atoms with Crippen molar-refractivity contribution in [1.29, 1.82) is 0 Å². The van der Waals surface area contributed by atoms with E-state index < -0.39 is 0 Å². The van der Waals surface area contributed by atoms with Gasteiger partial charge in [-0.05, 0) is 73.5 Å². The molecule has 1 aromatic heterocycles. The van der Waals surface area contributed by atoms with Crippen molar-refractivity contribution in [2.24, 2.45) is 0 Å². The van der Waals surface area contributed by atoms with E-state index in [9.17, 15) is 9.18 Å². The second-order valence-corrected chi connectivity index (χ2v) is 10.4. The van der Waals surface area contributed by atoms with Crippen LogP contribution in [0.5, 0.6) is 0 Å². The Labute approximate surface area is 221 Å². The Balaban J connectivity index is 1.38. The molecule has 0 radical (unpaired) electrons. The Morgan fingerprint density at radius 3 is 2.58 bits per heavy atom. The van der Waals surface area contributed by atoms with E-state index in [0.717, 1.165) is 54.3 Å². The Bertz CT molecular complexity index is 1300.